The van der Waals surface area contributed by atoms with Crippen LogP contribution in [0.15, 0.2) is 17.0 Å². The van der Waals surface area contributed by atoms with E-state index < -0.39 is 15.6 Å². The third-order valence-corrected chi connectivity index (χ3v) is 6.30. The lowest BCUT2D eigenvalue weighted by Crippen LogP contribution is -2.49. The third kappa shape index (κ3) is 6.18. The first kappa shape index (κ1) is 24.1. The predicted octanol–water partition coefficient (Wildman–Crippen LogP) is 2.72. The van der Waals surface area contributed by atoms with E-state index in [4.69, 9.17) is 9.88 Å². The van der Waals surface area contributed by atoms with Crippen molar-refractivity contribution < 1.29 is 22.7 Å². The van der Waals surface area contributed by atoms with Crippen LogP contribution in [0.4, 0.5) is 4.79 Å². The van der Waals surface area contributed by atoms with Crippen molar-refractivity contribution >= 4 is 22.0 Å². The van der Waals surface area contributed by atoms with Crippen LogP contribution >= 0.6 is 0 Å². The van der Waals surface area contributed by atoms with E-state index in [0.717, 1.165) is 12.8 Å². The molecule has 1 heterocycles. The Balaban J connectivity index is 2.11. The Morgan fingerprint density at radius 1 is 1.23 bits per heavy atom. The maximum absolute atomic E-state index is 12.9. The molecule has 1 aliphatic heterocycles. The molecule has 30 heavy (non-hydrogen) atoms. The van der Waals surface area contributed by atoms with Crippen molar-refractivity contribution in [2.24, 2.45) is 11.1 Å². The number of carbonyl (C=O) groups excluding carboxylic acids is 2. The van der Waals surface area contributed by atoms with Gasteiger partial charge in [0, 0.05) is 24.7 Å². The number of likely N-dealkylation sites (tertiary alicyclic amines) is 1. The summed E-state index contributed by atoms with van der Waals surface area (Å²) >= 11 is 0. The molecule has 1 fully saturated rings. The van der Waals surface area contributed by atoms with Crippen LogP contribution in [0.1, 0.15) is 62.0 Å². The van der Waals surface area contributed by atoms with Crippen molar-refractivity contribution in [3.63, 3.8) is 0 Å². The molecular formula is C21H33N3O5S. The fraction of sp³-hybridized carbons (Fsp3) is 0.619. The van der Waals surface area contributed by atoms with Crippen molar-refractivity contribution in [1.82, 2.24) is 10.2 Å². The van der Waals surface area contributed by atoms with Crippen LogP contribution in [0.3, 0.4) is 0 Å². The molecule has 1 aliphatic rings. The number of carbonyl (C=O) groups is 2. The van der Waals surface area contributed by atoms with Crippen molar-refractivity contribution in [3.8, 4) is 0 Å². The van der Waals surface area contributed by atoms with Crippen LogP contribution in [0, 0.1) is 19.8 Å². The standard InChI is InChI=1S/C21H33N3O5S/c1-13-10-14(2)18(30(22,27)28)11-17(13)19(25)23-15(3)16-8-7-9-24(12-16)20(26)29-21(4,5)6/h10-11,15-16H,7-9,12H2,1-6H3,(H,23,25)(H2,22,27,28)/t15-,16-/m1/s1. The SMILES string of the molecule is Cc1cc(C)c(S(N)(=O)=O)cc1C(=O)N[C@H](C)[C@@H]1CCCN(C(=O)OC(C)(C)C)C1. The van der Waals surface area contributed by atoms with Crippen molar-refractivity contribution in [3.05, 3.63) is 28.8 Å². The van der Waals surface area contributed by atoms with Gasteiger partial charge in [0.2, 0.25) is 10.0 Å². The van der Waals surface area contributed by atoms with E-state index >= 15 is 0 Å². The van der Waals surface area contributed by atoms with E-state index in [1.807, 2.05) is 27.7 Å². The van der Waals surface area contributed by atoms with Gasteiger partial charge in [0.05, 0.1) is 4.90 Å². The largest absolute Gasteiger partial charge is 0.444 e. The highest BCUT2D eigenvalue weighted by Crippen LogP contribution is 2.23. The monoisotopic (exact) mass is 439 g/mol. The van der Waals surface area contributed by atoms with Crippen LogP contribution < -0.4 is 10.5 Å². The molecular weight excluding hydrogens is 406 g/mol. The number of rotatable bonds is 4. The summed E-state index contributed by atoms with van der Waals surface area (Å²) in [5.74, 6) is -0.294. The Labute approximate surface area is 179 Å². The number of nitrogens with two attached hydrogens (primary N) is 1. The number of aryl methyl sites for hydroxylation is 2. The van der Waals surface area contributed by atoms with Gasteiger partial charge in [-0.05, 0) is 77.5 Å². The predicted molar refractivity (Wildman–Crippen MR) is 115 cm³/mol. The van der Waals surface area contributed by atoms with Gasteiger partial charge in [0.15, 0.2) is 0 Å². The van der Waals surface area contributed by atoms with E-state index in [9.17, 15) is 18.0 Å². The van der Waals surface area contributed by atoms with E-state index in [-0.39, 0.29) is 34.4 Å². The number of piperidine rings is 1. The summed E-state index contributed by atoms with van der Waals surface area (Å²) in [6.45, 7) is 11.9. The average molecular weight is 440 g/mol. The van der Waals surface area contributed by atoms with Gasteiger partial charge in [-0.15, -0.1) is 0 Å². The van der Waals surface area contributed by atoms with E-state index in [0.29, 0.717) is 24.2 Å². The second-order valence-corrected chi connectivity index (χ2v) is 10.6. The van der Waals surface area contributed by atoms with Crippen molar-refractivity contribution in [1.29, 1.82) is 0 Å². The number of hydrogen-bond acceptors (Lipinski definition) is 5. The zero-order valence-electron chi connectivity index (χ0n) is 18.6. The molecule has 2 atom stereocenters. The minimum absolute atomic E-state index is 0.0559. The van der Waals surface area contributed by atoms with E-state index in [1.165, 1.54) is 6.07 Å². The van der Waals surface area contributed by atoms with E-state index in [2.05, 4.69) is 5.32 Å². The van der Waals surface area contributed by atoms with E-state index in [1.54, 1.807) is 24.8 Å². The molecule has 0 spiro atoms. The smallest absolute Gasteiger partial charge is 0.410 e. The Morgan fingerprint density at radius 3 is 2.43 bits per heavy atom. The van der Waals surface area contributed by atoms with Gasteiger partial charge < -0.3 is 15.0 Å². The molecule has 0 bridgehead atoms. The average Bonchev–Trinajstić information content (AvgIpc) is 2.59. The highest BCUT2D eigenvalue weighted by atomic mass is 32.2. The summed E-state index contributed by atoms with van der Waals surface area (Å²) in [5, 5.41) is 8.23. The molecule has 8 nitrogen and oxygen atoms in total. The molecule has 1 saturated heterocycles. The van der Waals surface area contributed by atoms with Crippen molar-refractivity contribution in [2.75, 3.05) is 13.1 Å². The molecule has 0 aliphatic carbocycles. The van der Waals surface area contributed by atoms with Crippen LogP contribution in [0.5, 0.6) is 0 Å². The van der Waals surface area contributed by atoms with Gasteiger partial charge in [-0.2, -0.15) is 0 Å². The number of nitrogens with one attached hydrogen (secondary N) is 1. The lowest BCUT2D eigenvalue weighted by molar-refractivity contribution is 0.0150. The maximum atomic E-state index is 12.9. The minimum atomic E-state index is -3.93. The number of ether oxygens (including phenoxy) is 1. The molecule has 3 N–H and O–H groups in total. The zero-order valence-corrected chi connectivity index (χ0v) is 19.4. The van der Waals surface area contributed by atoms with Crippen LogP contribution in [0.2, 0.25) is 0 Å². The zero-order chi connectivity index (χ0) is 22.9. The highest BCUT2D eigenvalue weighted by Gasteiger charge is 2.31. The number of benzene rings is 1. The summed E-state index contributed by atoms with van der Waals surface area (Å²) in [5.41, 5.74) is 0.883. The van der Waals surface area contributed by atoms with Crippen molar-refractivity contribution in [2.45, 2.75) is 70.9 Å². The molecule has 0 saturated carbocycles. The second kappa shape index (κ2) is 8.93. The van der Waals surface area contributed by atoms with Gasteiger partial charge in [-0.25, -0.2) is 18.4 Å². The first-order chi connectivity index (χ1) is 13.7. The van der Waals surface area contributed by atoms with Crippen LogP contribution in [-0.2, 0) is 14.8 Å². The highest BCUT2D eigenvalue weighted by molar-refractivity contribution is 7.89. The molecule has 1 aromatic carbocycles. The summed E-state index contributed by atoms with van der Waals surface area (Å²) in [6, 6.07) is 2.77. The number of primary sulfonamides is 1. The van der Waals surface area contributed by atoms with Gasteiger partial charge in [-0.1, -0.05) is 6.07 Å². The Hall–Kier alpha value is -2.13. The number of amides is 2. The molecule has 2 amide bonds. The Kier molecular flexibility index (Phi) is 7.19. The molecule has 0 unspecified atom stereocenters. The quantitative estimate of drug-likeness (QED) is 0.748. The summed E-state index contributed by atoms with van der Waals surface area (Å²) < 4.78 is 29.1. The topological polar surface area (TPSA) is 119 Å². The molecule has 0 radical (unpaired) electrons. The molecule has 9 heteroatoms. The first-order valence-electron chi connectivity index (χ1n) is 10.1. The van der Waals surface area contributed by atoms with Gasteiger partial charge >= 0.3 is 6.09 Å². The summed E-state index contributed by atoms with van der Waals surface area (Å²) in [4.78, 5) is 26.9. The van der Waals surface area contributed by atoms with Gasteiger partial charge in [0.1, 0.15) is 5.60 Å². The molecule has 168 valence electrons. The molecule has 1 aromatic rings. The lowest BCUT2D eigenvalue weighted by atomic mass is 9.91. The fourth-order valence-electron chi connectivity index (χ4n) is 3.70. The Morgan fingerprint density at radius 2 is 1.87 bits per heavy atom. The van der Waals surface area contributed by atoms with Crippen LogP contribution in [0.25, 0.3) is 0 Å². The summed E-state index contributed by atoms with van der Waals surface area (Å²) in [6.07, 6.45) is 1.34. The second-order valence-electron chi connectivity index (χ2n) is 9.07. The lowest BCUT2D eigenvalue weighted by Gasteiger charge is -2.36. The number of hydrogen-bond donors (Lipinski definition) is 2. The number of nitrogens with zero attached hydrogens (tertiary/aromatic N) is 1. The Bertz CT molecular complexity index is 921. The fourth-order valence-corrected chi connectivity index (χ4v) is 4.49. The van der Waals surface area contributed by atoms with Crippen LogP contribution in [-0.4, -0.2) is 50.1 Å². The number of sulfonamides is 1. The molecule has 2 rings (SSSR count). The molecule has 0 aromatic heterocycles. The third-order valence-electron chi connectivity index (χ3n) is 5.25. The summed E-state index contributed by atoms with van der Waals surface area (Å²) in [7, 11) is -3.93. The first-order valence-corrected chi connectivity index (χ1v) is 11.7. The van der Waals surface area contributed by atoms with Gasteiger partial charge in [0.25, 0.3) is 5.91 Å². The maximum Gasteiger partial charge on any atom is 0.410 e. The minimum Gasteiger partial charge on any atom is -0.444 e. The normalized spacial score (nSPS) is 18.6. The van der Waals surface area contributed by atoms with Gasteiger partial charge in [-0.3, -0.25) is 4.79 Å².